The van der Waals surface area contributed by atoms with E-state index < -0.39 is 11.2 Å². The molecular weight excluding hydrogens is 456 g/mol. The lowest BCUT2D eigenvalue weighted by Gasteiger charge is -2.25. The van der Waals surface area contributed by atoms with Crippen LogP contribution in [0.25, 0.3) is 11.1 Å². The van der Waals surface area contributed by atoms with Crippen LogP contribution >= 0.6 is 0 Å². The number of nitrogens with zero attached hydrogens (tertiary/aromatic N) is 1. The monoisotopic (exact) mass is 488 g/mol. The van der Waals surface area contributed by atoms with Gasteiger partial charge in [-0.25, -0.2) is 4.79 Å². The van der Waals surface area contributed by atoms with Gasteiger partial charge in [0.25, 0.3) is 0 Å². The second-order valence-corrected chi connectivity index (χ2v) is 11.5. The molecule has 1 heterocycles. The Labute approximate surface area is 210 Å². The quantitative estimate of drug-likeness (QED) is 0.430. The number of phenolic OH excluding ortho intramolecular Hbond substituents is 1. The molecule has 3 aromatic carbocycles. The Morgan fingerprint density at radius 1 is 1.09 bits per heavy atom. The van der Waals surface area contributed by atoms with Crippen molar-refractivity contribution < 1.29 is 14.5 Å². The van der Waals surface area contributed by atoms with E-state index in [9.17, 15) is 14.5 Å². The highest BCUT2D eigenvalue weighted by atomic mass is 32.2. The van der Waals surface area contributed by atoms with Gasteiger partial charge in [0, 0.05) is 24.2 Å². The van der Waals surface area contributed by atoms with Crippen LogP contribution in [0, 0.1) is 6.92 Å². The van der Waals surface area contributed by atoms with E-state index in [1.54, 1.807) is 12.1 Å². The van der Waals surface area contributed by atoms with Crippen LogP contribution in [-0.2, 0) is 23.1 Å². The van der Waals surface area contributed by atoms with E-state index in [0.29, 0.717) is 18.8 Å². The van der Waals surface area contributed by atoms with E-state index in [0.717, 1.165) is 45.7 Å². The predicted octanol–water partition coefficient (Wildman–Crippen LogP) is 6.04. The summed E-state index contributed by atoms with van der Waals surface area (Å²) in [5.41, 5.74) is 6.53. The number of anilines is 1. The zero-order chi connectivity index (χ0) is 24.6. The number of aryl methyl sites for hydroxylation is 1. The molecule has 5 nitrogen and oxygen atoms in total. The molecule has 2 aliphatic rings. The van der Waals surface area contributed by atoms with Gasteiger partial charge in [-0.15, -0.1) is 0 Å². The highest BCUT2D eigenvalue weighted by molar-refractivity contribution is 7.91. The molecule has 1 spiro atoms. The van der Waals surface area contributed by atoms with Gasteiger partial charge in [0.15, 0.2) is 4.90 Å². The van der Waals surface area contributed by atoms with Crippen LogP contribution in [0.15, 0.2) is 65.6 Å². The average molecular weight is 489 g/mol. The smallest absolute Gasteiger partial charge is 0.322 e. The Morgan fingerprint density at radius 2 is 1.83 bits per heavy atom. The van der Waals surface area contributed by atoms with Crippen molar-refractivity contribution in [3.05, 3.63) is 77.4 Å². The molecule has 2 N–H and O–H groups in total. The van der Waals surface area contributed by atoms with Crippen LogP contribution in [0.1, 0.15) is 49.3 Å². The summed E-state index contributed by atoms with van der Waals surface area (Å²) in [6.45, 7) is 5.06. The molecule has 1 fully saturated rings. The molecule has 3 aromatic rings. The largest absolute Gasteiger partial charge is 0.611 e. The van der Waals surface area contributed by atoms with Gasteiger partial charge in [0.1, 0.15) is 11.5 Å². The Morgan fingerprint density at radius 3 is 2.51 bits per heavy atom. The first kappa shape index (κ1) is 23.8. The number of urea groups is 1. The first-order valence-corrected chi connectivity index (χ1v) is 13.7. The van der Waals surface area contributed by atoms with Crippen LogP contribution in [0.4, 0.5) is 10.5 Å². The molecular formula is C29H32N2O3S. The second-order valence-electron chi connectivity index (χ2n) is 9.74. The molecule has 1 saturated carbocycles. The van der Waals surface area contributed by atoms with E-state index >= 15 is 0 Å². The summed E-state index contributed by atoms with van der Waals surface area (Å²) in [5.74, 6) is 0.871. The third-order valence-corrected chi connectivity index (χ3v) is 8.86. The number of amides is 2. The maximum absolute atomic E-state index is 13.3. The minimum atomic E-state index is -0.970. The number of hydrogen-bond acceptors (Lipinski definition) is 3. The molecule has 182 valence electrons. The summed E-state index contributed by atoms with van der Waals surface area (Å²) in [7, 11) is 0. The number of benzene rings is 3. The van der Waals surface area contributed by atoms with Crippen molar-refractivity contribution in [3.8, 4) is 16.9 Å². The number of nitrogens with one attached hydrogen (secondary N) is 1. The lowest BCUT2D eigenvalue weighted by Crippen LogP contribution is -2.41. The number of rotatable bonds is 5. The zero-order valence-electron chi connectivity index (χ0n) is 20.3. The summed E-state index contributed by atoms with van der Waals surface area (Å²) in [6.07, 6.45) is 4.56. The Kier molecular flexibility index (Phi) is 6.51. The Hall–Kier alpha value is -2.96. The SMILES string of the molecule is CC[S+]([O-])c1ccc(CNC(=O)N2CC3(CCCC3)c3cc(-c4ccc(O)cc4C)ccc32)cc1. The van der Waals surface area contributed by atoms with Gasteiger partial charge in [0.05, 0.1) is 0 Å². The minimum Gasteiger partial charge on any atom is -0.611 e. The fraction of sp³-hybridized carbons (Fsp3) is 0.345. The van der Waals surface area contributed by atoms with Gasteiger partial charge in [0.2, 0.25) is 0 Å². The second kappa shape index (κ2) is 9.59. The van der Waals surface area contributed by atoms with Crippen molar-refractivity contribution in [2.75, 3.05) is 17.2 Å². The number of carbonyl (C=O) groups is 1. The van der Waals surface area contributed by atoms with Crippen molar-refractivity contribution >= 4 is 22.9 Å². The van der Waals surface area contributed by atoms with Gasteiger partial charge >= 0.3 is 6.03 Å². The summed E-state index contributed by atoms with van der Waals surface area (Å²) in [4.78, 5) is 16.1. The van der Waals surface area contributed by atoms with Crippen LogP contribution in [0.3, 0.4) is 0 Å². The Balaban J connectivity index is 1.38. The van der Waals surface area contributed by atoms with Crippen molar-refractivity contribution in [1.29, 1.82) is 0 Å². The van der Waals surface area contributed by atoms with Gasteiger partial charge in [-0.05, 0) is 102 Å². The summed E-state index contributed by atoms with van der Waals surface area (Å²) in [6, 6.07) is 19.5. The molecule has 1 atom stereocenters. The van der Waals surface area contributed by atoms with E-state index in [4.69, 9.17) is 0 Å². The maximum atomic E-state index is 13.3. The topological polar surface area (TPSA) is 75.6 Å². The van der Waals surface area contributed by atoms with E-state index in [1.165, 1.54) is 18.4 Å². The zero-order valence-corrected chi connectivity index (χ0v) is 21.2. The predicted molar refractivity (Wildman–Crippen MR) is 141 cm³/mol. The number of aromatic hydroxyl groups is 1. The average Bonchev–Trinajstić information content (AvgIpc) is 3.47. The molecule has 5 rings (SSSR count). The van der Waals surface area contributed by atoms with Crippen LogP contribution in [0.5, 0.6) is 5.75 Å². The number of fused-ring (bicyclic) bond motifs is 2. The van der Waals surface area contributed by atoms with Gasteiger partial charge in [-0.2, -0.15) is 0 Å². The van der Waals surface area contributed by atoms with E-state index in [2.05, 4.69) is 23.5 Å². The lowest BCUT2D eigenvalue weighted by atomic mass is 9.79. The van der Waals surface area contributed by atoms with Gasteiger partial charge < -0.3 is 15.0 Å². The molecule has 1 aliphatic carbocycles. The summed E-state index contributed by atoms with van der Waals surface area (Å²) < 4.78 is 12.0. The standard InChI is InChI=1S/C29H32N2O3S/c1-3-35(34)24-10-6-21(7-11-24)18-30-28(33)31-19-29(14-4-5-15-29)26-17-22(8-13-27(26)31)25-12-9-23(32)16-20(25)2/h6-13,16-17,32H,3-5,14-15,18-19H2,1-2H3,(H,30,33). The first-order chi connectivity index (χ1) is 16.9. The van der Waals surface area contributed by atoms with Crippen molar-refractivity contribution in [1.82, 2.24) is 5.32 Å². The minimum absolute atomic E-state index is 0.0133. The molecule has 1 aliphatic heterocycles. The Bertz CT molecular complexity index is 1240. The molecule has 2 amide bonds. The van der Waals surface area contributed by atoms with Crippen molar-refractivity contribution in [2.24, 2.45) is 0 Å². The summed E-state index contributed by atoms with van der Waals surface area (Å²) in [5, 5.41) is 12.9. The highest BCUT2D eigenvalue weighted by Crippen LogP contribution is 2.51. The van der Waals surface area contributed by atoms with Crippen LogP contribution in [-0.4, -0.2) is 28.0 Å². The fourth-order valence-corrected chi connectivity index (χ4v) is 6.44. The van der Waals surface area contributed by atoms with E-state index in [1.807, 2.05) is 49.1 Å². The van der Waals surface area contributed by atoms with Crippen molar-refractivity contribution in [2.45, 2.75) is 56.4 Å². The molecule has 0 saturated heterocycles. The molecule has 0 aromatic heterocycles. The van der Waals surface area contributed by atoms with Crippen LogP contribution in [0.2, 0.25) is 0 Å². The third-order valence-electron chi connectivity index (χ3n) is 7.54. The fourth-order valence-electron chi connectivity index (χ4n) is 5.67. The molecule has 1 unspecified atom stereocenters. The normalized spacial score (nSPS) is 16.9. The third kappa shape index (κ3) is 4.53. The number of phenols is 1. The molecule has 6 heteroatoms. The molecule has 0 radical (unpaired) electrons. The first-order valence-electron chi connectivity index (χ1n) is 12.4. The summed E-state index contributed by atoms with van der Waals surface area (Å²) >= 11 is -0.970. The molecule has 35 heavy (non-hydrogen) atoms. The maximum Gasteiger partial charge on any atom is 0.322 e. The molecule has 0 bridgehead atoms. The van der Waals surface area contributed by atoms with E-state index in [-0.39, 0.29) is 17.2 Å². The highest BCUT2D eigenvalue weighted by Gasteiger charge is 2.46. The lowest BCUT2D eigenvalue weighted by molar-refractivity contribution is 0.245. The number of hydrogen-bond donors (Lipinski definition) is 2. The van der Waals surface area contributed by atoms with Crippen LogP contribution < -0.4 is 10.2 Å². The van der Waals surface area contributed by atoms with Crippen molar-refractivity contribution in [3.63, 3.8) is 0 Å². The van der Waals surface area contributed by atoms with Gasteiger partial charge in [-0.1, -0.05) is 37.1 Å². The van der Waals surface area contributed by atoms with Gasteiger partial charge in [-0.3, -0.25) is 4.90 Å². The number of carbonyl (C=O) groups excluding carboxylic acids is 1.